The number of aromatic amines is 1. The van der Waals surface area contributed by atoms with Crippen molar-refractivity contribution in [1.29, 1.82) is 0 Å². The summed E-state index contributed by atoms with van der Waals surface area (Å²) < 4.78 is 0. The Morgan fingerprint density at radius 3 is 2.50 bits per heavy atom. The molecule has 15 nitrogen and oxygen atoms in total. The molecule has 0 radical (unpaired) electrons. The summed E-state index contributed by atoms with van der Waals surface area (Å²) >= 11 is 0. The van der Waals surface area contributed by atoms with Crippen molar-refractivity contribution in [1.82, 2.24) is 25.3 Å². The van der Waals surface area contributed by atoms with E-state index in [1.54, 1.807) is 0 Å². The van der Waals surface area contributed by atoms with E-state index in [-0.39, 0.29) is 47.0 Å². The second-order valence-corrected chi connectivity index (χ2v) is 6.97. The van der Waals surface area contributed by atoms with Crippen molar-refractivity contribution < 1.29 is 24.6 Å². The number of aliphatic carboxylic acids is 2. The molecule has 3 aromatic rings. The summed E-state index contributed by atoms with van der Waals surface area (Å²) in [5.41, 5.74) is 5.42. The number of hydrogen-bond donors (Lipinski definition) is 5. The highest BCUT2D eigenvalue weighted by molar-refractivity contribution is 5.97. The summed E-state index contributed by atoms with van der Waals surface area (Å²) in [5, 5.41) is 24.0. The van der Waals surface area contributed by atoms with Crippen LogP contribution < -0.4 is 21.6 Å². The van der Waals surface area contributed by atoms with Gasteiger partial charge in [-0.1, -0.05) is 0 Å². The number of fused-ring (bicyclic) bond motifs is 1. The summed E-state index contributed by atoms with van der Waals surface area (Å²) in [6.45, 7) is -0.155. The molecule has 0 aliphatic heterocycles. The van der Waals surface area contributed by atoms with Crippen LogP contribution in [0.4, 0.5) is 11.6 Å². The van der Waals surface area contributed by atoms with Gasteiger partial charge < -0.3 is 21.3 Å². The average Bonchev–Trinajstić information content (AvgIpc) is 2.80. The molecule has 0 saturated heterocycles. The zero-order valence-corrected chi connectivity index (χ0v) is 17.3. The molecular weight excluding hydrogens is 452 g/mol. The second-order valence-electron chi connectivity index (χ2n) is 6.97. The van der Waals surface area contributed by atoms with Gasteiger partial charge >= 0.3 is 11.9 Å². The highest BCUT2D eigenvalue weighted by Gasteiger charge is 2.22. The number of nitroso groups, excluding NO2 is 1. The van der Waals surface area contributed by atoms with Crippen molar-refractivity contribution >= 4 is 40.6 Å². The number of anilines is 2. The lowest BCUT2D eigenvalue weighted by molar-refractivity contribution is -0.140. The number of carbonyl (C=O) groups is 3. The second kappa shape index (κ2) is 10.1. The molecule has 0 aliphatic rings. The van der Waals surface area contributed by atoms with Gasteiger partial charge in [-0.05, 0) is 30.7 Å². The molecule has 1 amide bonds. The fourth-order valence-corrected chi connectivity index (χ4v) is 2.92. The van der Waals surface area contributed by atoms with Gasteiger partial charge in [-0.3, -0.25) is 19.4 Å². The van der Waals surface area contributed by atoms with E-state index < -0.39 is 35.9 Å². The fourth-order valence-electron chi connectivity index (χ4n) is 2.92. The molecule has 6 N–H and O–H groups in total. The van der Waals surface area contributed by atoms with Crippen LogP contribution in [0.1, 0.15) is 28.9 Å². The first-order valence-corrected chi connectivity index (χ1v) is 9.65. The standard InChI is InChI=1S/C19H18N8O7/c20-19-24-15-14(17(31)25-19)22-10(7-21-15)8-27(26-34)11-3-1-9(2-4-11)16(30)23-12(18(32)33)5-6-13(28)29/h1-4,7,12H,5-6,8H2,(H,23,30)(H,28,29)(H,32,33)(H3,20,21,24,25,31)/t12-/m0/s1. The minimum absolute atomic E-state index is 0.0361. The van der Waals surface area contributed by atoms with Crippen molar-refractivity contribution in [2.45, 2.75) is 25.4 Å². The van der Waals surface area contributed by atoms with Crippen molar-refractivity contribution in [3.63, 3.8) is 0 Å². The van der Waals surface area contributed by atoms with Gasteiger partial charge in [0.15, 0.2) is 11.2 Å². The van der Waals surface area contributed by atoms with Gasteiger partial charge in [-0.2, -0.15) is 4.98 Å². The molecule has 0 unspecified atom stereocenters. The predicted molar refractivity (Wildman–Crippen MR) is 117 cm³/mol. The third kappa shape index (κ3) is 5.64. The van der Waals surface area contributed by atoms with Crippen molar-refractivity contribution in [2.75, 3.05) is 10.7 Å². The van der Waals surface area contributed by atoms with E-state index >= 15 is 0 Å². The Labute approximate surface area is 189 Å². The van der Waals surface area contributed by atoms with Crippen LogP contribution in [0.25, 0.3) is 11.2 Å². The molecule has 0 fully saturated rings. The Balaban J connectivity index is 1.73. The van der Waals surface area contributed by atoms with Crippen molar-refractivity contribution in [2.24, 2.45) is 5.29 Å². The van der Waals surface area contributed by atoms with Crippen LogP contribution >= 0.6 is 0 Å². The first kappa shape index (κ1) is 23.7. The average molecular weight is 470 g/mol. The number of benzene rings is 1. The van der Waals surface area contributed by atoms with Crippen LogP contribution in [-0.4, -0.2) is 54.0 Å². The number of rotatable bonds is 10. The smallest absolute Gasteiger partial charge is 0.326 e. The van der Waals surface area contributed by atoms with Crippen molar-refractivity contribution in [3.05, 3.63) is 57.0 Å². The third-order valence-corrected chi connectivity index (χ3v) is 4.57. The maximum absolute atomic E-state index is 12.3. The van der Waals surface area contributed by atoms with Gasteiger partial charge in [0.2, 0.25) is 5.95 Å². The maximum atomic E-state index is 12.3. The van der Waals surface area contributed by atoms with E-state index in [0.29, 0.717) is 0 Å². The van der Waals surface area contributed by atoms with E-state index in [9.17, 15) is 24.1 Å². The Bertz CT molecular complexity index is 1310. The maximum Gasteiger partial charge on any atom is 0.326 e. The van der Waals surface area contributed by atoms with Gasteiger partial charge in [0.05, 0.1) is 29.4 Å². The number of nitrogens with two attached hydrogens (primary N) is 1. The molecule has 1 aromatic carbocycles. The summed E-state index contributed by atoms with van der Waals surface area (Å²) in [5.74, 6) is -3.40. The molecule has 0 aliphatic carbocycles. The molecule has 2 aromatic heterocycles. The van der Waals surface area contributed by atoms with Crippen LogP contribution in [-0.2, 0) is 16.1 Å². The number of amides is 1. The quantitative estimate of drug-likeness (QED) is 0.195. The highest BCUT2D eigenvalue weighted by atomic mass is 16.4. The number of carboxylic acid groups (broad SMARTS) is 2. The zero-order chi connectivity index (χ0) is 24.8. The molecule has 0 saturated carbocycles. The monoisotopic (exact) mass is 470 g/mol. The minimum atomic E-state index is -1.38. The van der Waals surface area contributed by atoms with Crippen molar-refractivity contribution in [3.8, 4) is 0 Å². The van der Waals surface area contributed by atoms with Crippen LogP contribution in [0.15, 0.2) is 40.5 Å². The van der Waals surface area contributed by atoms with Crippen LogP contribution in [0.3, 0.4) is 0 Å². The summed E-state index contributed by atoms with van der Waals surface area (Å²) in [6.07, 6.45) is 0.593. The lowest BCUT2D eigenvalue weighted by atomic mass is 10.1. The van der Waals surface area contributed by atoms with Gasteiger partial charge in [-0.15, -0.1) is 4.91 Å². The van der Waals surface area contributed by atoms with Gasteiger partial charge in [0.1, 0.15) is 6.04 Å². The van der Waals surface area contributed by atoms with Crippen LogP contribution in [0, 0.1) is 4.91 Å². The molecule has 176 valence electrons. The Kier molecular flexibility index (Phi) is 7.05. The molecular formula is C19H18N8O7. The third-order valence-electron chi connectivity index (χ3n) is 4.57. The minimum Gasteiger partial charge on any atom is -0.481 e. The van der Waals surface area contributed by atoms with E-state index in [4.69, 9.17) is 15.9 Å². The number of hydrogen-bond acceptors (Lipinski definition) is 10. The van der Waals surface area contributed by atoms with Gasteiger partial charge in [0.25, 0.3) is 11.5 Å². The number of carbonyl (C=O) groups excluding carboxylic acids is 1. The number of H-pyrrole nitrogens is 1. The number of nitrogens with one attached hydrogen (secondary N) is 2. The Hall–Kier alpha value is -4.95. The number of carboxylic acids is 2. The zero-order valence-electron chi connectivity index (χ0n) is 17.3. The molecule has 2 heterocycles. The van der Waals surface area contributed by atoms with E-state index in [1.807, 2.05) is 0 Å². The van der Waals surface area contributed by atoms with Gasteiger partial charge in [-0.25, -0.2) is 19.8 Å². The summed E-state index contributed by atoms with van der Waals surface area (Å²) in [6, 6.07) is 4.08. The van der Waals surface area contributed by atoms with Gasteiger partial charge in [0, 0.05) is 12.0 Å². The lowest BCUT2D eigenvalue weighted by Gasteiger charge is -2.16. The first-order valence-electron chi connectivity index (χ1n) is 9.65. The molecule has 3 rings (SSSR count). The lowest BCUT2D eigenvalue weighted by Crippen LogP contribution is -2.41. The highest BCUT2D eigenvalue weighted by Crippen LogP contribution is 2.18. The topological polar surface area (TPSA) is 234 Å². The Morgan fingerprint density at radius 1 is 1.18 bits per heavy atom. The molecule has 15 heteroatoms. The van der Waals surface area contributed by atoms with Crippen LogP contribution in [0.5, 0.6) is 0 Å². The SMILES string of the molecule is Nc1nc2ncc(CN(N=O)c3ccc(C(=O)N[C@@H](CCC(=O)O)C(=O)O)cc3)nc2c(=O)[nH]1. The molecule has 1 atom stereocenters. The number of nitrogens with zero attached hydrogens (tertiary/aromatic N) is 5. The summed E-state index contributed by atoms with van der Waals surface area (Å²) in [4.78, 5) is 71.9. The molecule has 0 spiro atoms. The largest absolute Gasteiger partial charge is 0.481 e. The summed E-state index contributed by atoms with van der Waals surface area (Å²) in [7, 11) is 0. The fraction of sp³-hybridized carbons (Fsp3) is 0.211. The van der Waals surface area contributed by atoms with E-state index in [0.717, 1.165) is 5.01 Å². The molecule has 34 heavy (non-hydrogen) atoms. The van der Waals surface area contributed by atoms with E-state index in [2.05, 4.69) is 30.5 Å². The van der Waals surface area contributed by atoms with Crippen LogP contribution in [0.2, 0.25) is 0 Å². The number of aromatic nitrogens is 4. The number of nitrogen functional groups attached to an aromatic ring is 1. The Morgan fingerprint density at radius 2 is 1.88 bits per heavy atom. The predicted octanol–water partition coefficient (Wildman–Crippen LogP) is 0.0311. The molecule has 0 bridgehead atoms. The first-order chi connectivity index (χ1) is 16.2. The van der Waals surface area contributed by atoms with E-state index in [1.165, 1.54) is 30.5 Å². The normalized spacial score (nSPS) is 11.5.